The van der Waals surface area contributed by atoms with Crippen LogP contribution in [0.2, 0.25) is 0 Å². The molecule has 0 N–H and O–H groups in total. The Labute approximate surface area is 87.7 Å². The molecule has 0 nitrogen and oxygen atoms in total. The van der Waals surface area contributed by atoms with Crippen LogP contribution in [-0.2, 0) is 0 Å². The number of allylic oxidation sites excluding steroid dienone is 8. The van der Waals surface area contributed by atoms with Gasteiger partial charge in [0.25, 0.3) is 0 Å². The first-order valence-corrected chi connectivity index (χ1v) is 5.53. The third kappa shape index (κ3) is 6.47. The molecule has 0 aromatic heterocycles. The van der Waals surface area contributed by atoms with E-state index in [0.717, 1.165) is 12.8 Å². The Balaban J connectivity index is 2.35. The first-order chi connectivity index (χ1) is 7.00. The fourth-order valence-corrected chi connectivity index (χ4v) is 1.37. The Morgan fingerprint density at radius 1 is 0.714 bits per heavy atom. The van der Waals surface area contributed by atoms with Crippen LogP contribution in [0.1, 0.15) is 38.5 Å². The van der Waals surface area contributed by atoms with Crippen LogP contribution in [0.3, 0.4) is 0 Å². The van der Waals surface area contributed by atoms with Gasteiger partial charge in [0.2, 0.25) is 0 Å². The molecule has 0 amide bonds. The molecule has 0 heteroatoms. The second-order valence-corrected chi connectivity index (χ2v) is 3.47. The second-order valence-electron chi connectivity index (χ2n) is 3.47. The van der Waals surface area contributed by atoms with Gasteiger partial charge in [-0.25, -0.2) is 0 Å². The third-order valence-corrected chi connectivity index (χ3v) is 2.18. The van der Waals surface area contributed by atoms with Crippen molar-refractivity contribution >= 4 is 0 Å². The van der Waals surface area contributed by atoms with Crippen molar-refractivity contribution in [3.63, 3.8) is 0 Å². The molecular weight excluding hydrogens is 168 g/mol. The van der Waals surface area contributed by atoms with Gasteiger partial charge in [-0.05, 0) is 44.6 Å². The highest BCUT2D eigenvalue weighted by atomic mass is 13.9. The van der Waals surface area contributed by atoms with E-state index in [0.29, 0.717) is 0 Å². The van der Waals surface area contributed by atoms with Gasteiger partial charge >= 0.3 is 0 Å². The topological polar surface area (TPSA) is 0 Å². The molecule has 0 bridgehead atoms. The van der Waals surface area contributed by atoms with Crippen molar-refractivity contribution in [1.82, 2.24) is 0 Å². The molecule has 1 aliphatic carbocycles. The lowest BCUT2D eigenvalue weighted by Crippen LogP contribution is -1.73. The smallest absolute Gasteiger partial charge is 0.0160 e. The summed E-state index contributed by atoms with van der Waals surface area (Å²) in [5.41, 5.74) is 0. The van der Waals surface area contributed by atoms with Gasteiger partial charge in [-0.15, -0.1) is 0 Å². The van der Waals surface area contributed by atoms with E-state index < -0.39 is 0 Å². The van der Waals surface area contributed by atoms with Crippen LogP contribution in [0.15, 0.2) is 42.5 Å². The average molecular weight is 187 g/mol. The first-order valence-electron chi connectivity index (χ1n) is 5.53. The highest BCUT2D eigenvalue weighted by molar-refractivity contribution is 5.01. The Morgan fingerprint density at radius 2 is 1.43 bits per heavy atom. The van der Waals surface area contributed by atoms with E-state index in [1.807, 2.05) is 6.08 Å². The molecule has 0 aromatic rings. The van der Waals surface area contributed by atoms with Crippen molar-refractivity contribution in [3.8, 4) is 0 Å². The minimum Gasteiger partial charge on any atom is -0.0882 e. The van der Waals surface area contributed by atoms with Crippen molar-refractivity contribution < 1.29 is 0 Å². The zero-order chi connectivity index (χ0) is 9.90. The quantitative estimate of drug-likeness (QED) is 0.494. The fourth-order valence-electron chi connectivity index (χ4n) is 1.37. The van der Waals surface area contributed by atoms with E-state index in [4.69, 9.17) is 0 Å². The molecule has 0 fully saturated rings. The van der Waals surface area contributed by atoms with Crippen LogP contribution < -0.4 is 0 Å². The Kier molecular flexibility index (Phi) is 6.74. The minimum absolute atomic E-state index is 1.01. The van der Waals surface area contributed by atoms with Gasteiger partial charge in [-0.1, -0.05) is 42.5 Å². The molecule has 0 atom stereocenters. The zero-order valence-corrected chi connectivity index (χ0v) is 8.78. The monoisotopic (exact) mass is 187 g/mol. The van der Waals surface area contributed by atoms with Crippen LogP contribution in [-0.4, -0.2) is 0 Å². The molecule has 0 spiro atoms. The highest BCUT2D eigenvalue weighted by Gasteiger charge is 1.83. The average Bonchev–Trinajstić information content (AvgIpc) is 2.22. The first kappa shape index (κ1) is 11.0. The van der Waals surface area contributed by atoms with Crippen molar-refractivity contribution in [1.29, 1.82) is 0 Å². The van der Waals surface area contributed by atoms with Gasteiger partial charge in [-0.3, -0.25) is 0 Å². The summed E-state index contributed by atoms with van der Waals surface area (Å²) in [6.07, 6.45) is 25.5. The maximum Gasteiger partial charge on any atom is -0.0160 e. The fraction of sp³-hybridized carbons (Fsp3) is 0.429. The molecule has 1 aliphatic rings. The summed E-state index contributed by atoms with van der Waals surface area (Å²) in [6.45, 7) is 0. The summed E-state index contributed by atoms with van der Waals surface area (Å²) in [7, 11) is 0. The summed E-state index contributed by atoms with van der Waals surface area (Å²) >= 11 is 0. The molecule has 0 heterocycles. The van der Waals surface area contributed by atoms with E-state index >= 15 is 0 Å². The van der Waals surface area contributed by atoms with Crippen molar-refractivity contribution in [2.75, 3.05) is 0 Å². The molecule has 1 radical (unpaired) electrons. The lowest BCUT2D eigenvalue weighted by atomic mass is 10.1. The predicted molar refractivity (Wildman–Crippen MR) is 62.9 cm³/mol. The second kappa shape index (κ2) is 8.55. The maximum absolute atomic E-state index is 3.15. The zero-order valence-electron chi connectivity index (χ0n) is 8.78. The summed E-state index contributed by atoms with van der Waals surface area (Å²) in [5, 5.41) is 0. The molecule has 1 rings (SSSR count). The van der Waals surface area contributed by atoms with Gasteiger partial charge in [0.15, 0.2) is 0 Å². The van der Waals surface area contributed by atoms with Crippen LogP contribution >= 0.6 is 0 Å². The summed E-state index contributed by atoms with van der Waals surface area (Å²) in [5.74, 6) is 0. The number of hydrogen-bond donors (Lipinski definition) is 0. The third-order valence-electron chi connectivity index (χ3n) is 2.18. The standard InChI is InChI=1S/C14H19/c1-2-4-6-8-10-12-14-13-11-9-7-5-3-1/h1-2,5,7,11-12,14H,3-4,6,8,10,13H2/b2-1-,7-5+,11-9?,14-12-. The molecule has 0 saturated heterocycles. The molecular formula is C14H19. The van der Waals surface area contributed by atoms with Crippen molar-refractivity contribution in [3.05, 3.63) is 48.6 Å². The van der Waals surface area contributed by atoms with Crippen LogP contribution in [0, 0.1) is 6.08 Å². The van der Waals surface area contributed by atoms with Gasteiger partial charge in [0, 0.05) is 0 Å². The minimum atomic E-state index is 1.01. The van der Waals surface area contributed by atoms with Crippen molar-refractivity contribution in [2.45, 2.75) is 38.5 Å². The van der Waals surface area contributed by atoms with Crippen molar-refractivity contribution in [2.24, 2.45) is 0 Å². The van der Waals surface area contributed by atoms with E-state index in [1.54, 1.807) is 0 Å². The Hall–Kier alpha value is -1.04. The van der Waals surface area contributed by atoms with Gasteiger partial charge in [-0.2, -0.15) is 0 Å². The molecule has 0 aliphatic heterocycles. The summed E-state index contributed by atoms with van der Waals surface area (Å²) < 4.78 is 0. The number of rotatable bonds is 0. The van der Waals surface area contributed by atoms with E-state index in [1.165, 1.54) is 25.7 Å². The van der Waals surface area contributed by atoms with E-state index in [9.17, 15) is 0 Å². The van der Waals surface area contributed by atoms with E-state index in [-0.39, 0.29) is 0 Å². The molecule has 0 aromatic carbocycles. The molecule has 0 saturated carbocycles. The summed E-state index contributed by atoms with van der Waals surface area (Å²) in [6, 6.07) is 0. The van der Waals surface area contributed by atoms with Gasteiger partial charge in [0.1, 0.15) is 0 Å². The SMILES string of the molecule is [C]1=C/C/C=C\CCCC/C=C\C/C=C/1. The highest BCUT2D eigenvalue weighted by Crippen LogP contribution is 2.03. The predicted octanol–water partition coefficient (Wildman–Crippen LogP) is 4.37. The lowest BCUT2D eigenvalue weighted by Gasteiger charge is -1.93. The van der Waals surface area contributed by atoms with Gasteiger partial charge in [0.05, 0.1) is 0 Å². The molecule has 14 heavy (non-hydrogen) atoms. The van der Waals surface area contributed by atoms with Gasteiger partial charge < -0.3 is 0 Å². The Bertz CT molecular complexity index is 202. The maximum atomic E-state index is 3.15. The summed E-state index contributed by atoms with van der Waals surface area (Å²) in [4.78, 5) is 0. The Morgan fingerprint density at radius 3 is 2.21 bits per heavy atom. The lowest BCUT2D eigenvalue weighted by molar-refractivity contribution is 0.760. The van der Waals surface area contributed by atoms with Crippen LogP contribution in [0.5, 0.6) is 0 Å². The van der Waals surface area contributed by atoms with E-state index in [2.05, 4.69) is 42.5 Å². The molecule has 0 unspecified atom stereocenters. The van der Waals surface area contributed by atoms with Crippen LogP contribution in [0.25, 0.3) is 0 Å². The van der Waals surface area contributed by atoms with Crippen LogP contribution in [0.4, 0.5) is 0 Å². The largest absolute Gasteiger partial charge is 0.0882 e. The molecule has 75 valence electrons. The normalized spacial score (nSPS) is 28.6. The number of hydrogen-bond acceptors (Lipinski definition) is 0.